The van der Waals surface area contributed by atoms with Crippen LogP contribution in [0, 0.1) is 5.92 Å². The van der Waals surface area contributed by atoms with Crippen LogP contribution in [-0.2, 0) is 17.6 Å². The summed E-state index contributed by atoms with van der Waals surface area (Å²) in [6, 6.07) is 5.90. The highest BCUT2D eigenvalue weighted by Gasteiger charge is 2.44. The van der Waals surface area contributed by atoms with Crippen molar-refractivity contribution in [3.63, 3.8) is 0 Å². The number of hydrogen-bond acceptors (Lipinski definition) is 3. The highest BCUT2D eigenvalue weighted by atomic mass is 16.5. The normalized spacial score (nSPS) is 35.3. The first kappa shape index (κ1) is 14.3. The van der Waals surface area contributed by atoms with E-state index >= 15 is 0 Å². The molecule has 124 valence electrons. The number of fused-ring (bicyclic) bond motifs is 3. The van der Waals surface area contributed by atoms with E-state index in [1.165, 1.54) is 56.1 Å². The predicted octanol–water partition coefficient (Wildman–Crippen LogP) is 3.55. The molecule has 0 amide bonds. The highest BCUT2D eigenvalue weighted by molar-refractivity contribution is 5.46. The van der Waals surface area contributed by atoms with Gasteiger partial charge in [-0.15, -0.1) is 0 Å². The molecule has 23 heavy (non-hydrogen) atoms. The Morgan fingerprint density at radius 2 is 1.83 bits per heavy atom. The molecular formula is C20H27NO2. The average molecular weight is 313 g/mol. The molecular weight excluding hydrogens is 286 g/mol. The third-order valence-corrected chi connectivity index (χ3v) is 6.40. The van der Waals surface area contributed by atoms with Gasteiger partial charge in [0.15, 0.2) is 0 Å². The second-order valence-corrected chi connectivity index (χ2v) is 7.78. The summed E-state index contributed by atoms with van der Waals surface area (Å²) < 4.78 is 12.0. The highest BCUT2D eigenvalue weighted by Crippen LogP contribution is 2.42. The van der Waals surface area contributed by atoms with Gasteiger partial charge in [0, 0.05) is 30.2 Å². The number of rotatable bonds is 2. The Bertz CT molecular complexity index is 600. The molecule has 4 unspecified atom stereocenters. The summed E-state index contributed by atoms with van der Waals surface area (Å²) in [5, 5.41) is 3.98. The molecule has 3 heteroatoms. The third kappa shape index (κ3) is 2.49. The summed E-state index contributed by atoms with van der Waals surface area (Å²) in [6.07, 6.45) is 10.4. The van der Waals surface area contributed by atoms with Crippen molar-refractivity contribution in [2.24, 2.45) is 5.92 Å². The third-order valence-electron chi connectivity index (χ3n) is 6.40. The first-order valence-electron chi connectivity index (χ1n) is 9.54. The van der Waals surface area contributed by atoms with E-state index in [-0.39, 0.29) is 0 Å². The second kappa shape index (κ2) is 5.78. The first-order valence-corrected chi connectivity index (χ1v) is 9.54. The van der Waals surface area contributed by atoms with E-state index in [0.717, 1.165) is 31.3 Å². The molecule has 0 spiro atoms. The van der Waals surface area contributed by atoms with Crippen LogP contribution in [0.15, 0.2) is 12.1 Å². The maximum absolute atomic E-state index is 6.08. The molecule has 0 bridgehead atoms. The van der Waals surface area contributed by atoms with Crippen LogP contribution in [0.5, 0.6) is 5.75 Å². The number of aryl methyl sites for hydroxylation is 2. The average Bonchev–Trinajstić information content (AvgIpc) is 2.92. The summed E-state index contributed by atoms with van der Waals surface area (Å²) in [6.45, 7) is 1.84. The Labute approximate surface area is 138 Å². The van der Waals surface area contributed by atoms with Crippen LogP contribution in [0.3, 0.4) is 0 Å². The lowest BCUT2D eigenvalue weighted by molar-refractivity contribution is -0.105. The molecule has 2 fully saturated rings. The summed E-state index contributed by atoms with van der Waals surface area (Å²) in [5.74, 6) is 1.89. The monoisotopic (exact) mass is 313 g/mol. The van der Waals surface area contributed by atoms with Gasteiger partial charge in [-0.2, -0.15) is 0 Å². The molecule has 1 saturated heterocycles. The van der Waals surface area contributed by atoms with E-state index in [9.17, 15) is 0 Å². The van der Waals surface area contributed by atoms with Crippen molar-refractivity contribution in [2.75, 3.05) is 13.2 Å². The van der Waals surface area contributed by atoms with Crippen LogP contribution >= 0.6 is 0 Å². The van der Waals surface area contributed by atoms with Crippen LogP contribution in [0.25, 0.3) is 0 Å². The van der Waals surface area contributed by atoms with Crippen molar-refractivity contribution in [2.45, 2.75) is 69.6 Å². The molecule has 1 aromatic carbocycles. The summed E-state index contributed by atoms with van der Waals surface area (Å²) in [7, 11) is 0. The van der Waals surface area contributed by atoms with Crippen LogP contribution in [0.2, 0.25) is 0 Å². The Morgan fingerprint density at radius 1 is 0.957 bits per heavy atom. The maximum atomic E-state index is 6.08. The standard InChI is InChI=1S/C20H27NO2/c1-4-13-10-16-17(7-3-9-22-19(16)11-14(13)5-1)21-18-12-20-15(18)6-2-8-23-20/h10-11,15,17-18,20-21H,1-9,12H2. The molecule has 2 aliphatic heterocycles. The zero-order chi connectivity index (χ0) is 15.2. The van der Waals surface area contributed by atoms with Gasteiger partial charge in [0.2, 0.25) is 0 Å². The van der Waals surface area contributed by atoms with Crippen LogP contribution in [0.1, 0.15) is 61.3 Å². The molecule has 3 nitrogen and oxygen atoms in total. The van der Waals surface area contributed by atoms with E-state index in [1.54, 1.807) is 5.56 Å². The van der Waals surface area contributed by atoms with Crippen molar-refractivity contribution >= 4 is 0 Å². The molecule has 4 atom stereocenters. The van der Waals surface area contributed by atoms with Gasteiger partial charge < -0.3 is 14.8 Å². The molecule has 5 rings (SSSR count). The van der Waals surface area contributed by atoms with E-state index < -0.39 is 0 Å². The van der Waals surface area contributed by atoms with Gasteiger partial charge in [0.05, 0.1) is 12.7 Å². The van der Waals surface area contributed by atoms with Crippen molar-refractivity contribution in [1.82, 2.24) is 5.32 Å². The largest absolute Gasteiger partial charge is 0.493 e. The molecule has 4 aliphatic rings. The fourth-order valence-electron chi connectivity index (χ4n) is 5.06. The number of hydrogen-bond donors (Lipinski definition) is 1. The van der Waals surface area contributed by atoms with Gasteiger partial charge in [0.1, 0.15) is 5.75 Å². The van der Waals surface area contributed by atoms with Crippen molar-refractivity contribution in [3.8, 4) is 5.75 Å². The lowest BCUT2D eigenvalue weighted by atomic mass is 9.72. The number of nitrogens with one attached hydrogen (secondary N) is 1. The fraction of sp³-hybridized carbons (Fsp3) is 0.700. The minimum Gasteiger partial charge on any atom is -0.493 e. The van der Waals surface area contributed by atoms with Crippen molar-refractivity contribution < 1.29 is 9.47 Å². The Morgan fingerprint density at radius 3 is 2.74 bits per heavy atom. The topological polar surface area (TPSA) is 30.5 Å². The molecule has 1 saturated carbocycles. The summed E-state index contributed by atoms with van der Waals surface area (Å²) >= 11 is 0. The molecule has 1 N–H and O–H groups in total. The van der Waals surface area contributed by atoms with Gasteiger partial charge >= 0.3 is 0 Å². The minimum absolute atomic E-state index is 0.464. The quantitative estimate of drug-likeness (QED) is 0.906. The van der Waals surface area contributed by atoms with Gasteiger partial charge in [-0.25, -0.2) is 0 Å². The van der Waals surface area contributed by atoms with Gasteiger partial charge in [-0.1, -0.05) is 6.07 Å². The Kier molecular flexibility index (Phi) is 3.60. The Balaban J connectivity index is 1.38. The van der Waals surface area contributed by atoms with Gasteiger partial charge in [-0.05, 0) is 68.6 Å². The summed E-state index contributed by atoms with van der Waals surface area (Å²) in [5.41, 5.74) is 4.51. The van der Waals surface area contributed by atoms with E-state index in [2.05, 4.69) is 17.4 Å². The first-order chi connectivity index (χ1) is 11.4. The second-order valence-electron chi connectivity index (χ2n) is 7.78. The van der Waals surface area contributed by atoms with Crippen molar-refractivity contribution in [3.05, 3.63) is 28.8 Å². The van der Waals surface area contributed by atoms with Crippen LogP contribution in [0.4, 0.5) is 0 Å². The molecule has 2 heterocycles. The fourth-order valence-corrected chi connectivity index (χ4v) is 5.06. The smallest absolute Gasteiger partial charge is 0.124 e. The molecule has 0 radical (unpaired) electrons. The molecule has 2 aliphatic carbocycles. The van der Waals surface area contributed by atoms with Crippen molar-refractivity contribution in [1.29, 1.82) is 0 Å². The number of benzene rings is 1. The minimum atomic E-state index is 0.464. The van der Waals surface area contributed by atoms with E-state index in [4.69, 9.17) is 9.47 Å². The molecule has 1 aromatic rings. The zero-order valence-electron chi connectivity index (χ0n) is 13.9. The lowest BCUT2D eigenvalue weighted by Crippen LogP contribution is -2.57. The van der Waals surface area contributed by atoms with E-state index in [0.29, 0.717) is 18.2 Å². The van der Waals surface area contributed by atoms with Gasteiger partial charge in [-0.3, -0.25) is 0 Å². The summed E-state index contributed by atoms with van der Waals surface area (Å²) in [4.78, 5) is 0. The predicted molar refractivity (Wildman–Crippen MR) is 89.9 cm³/mol. The number of ether oxygens (including phenoxy) is 2. The molecule has 0 aromatic heterocycles. The SMILES string of the molecule is c1c2c(cc3c1OCCCC3NC1CC3OCCCC13)CCC2. The van der Waals surface area contributed by atoms with Gasteiger partial charge in [0.25, 0.3) is 0 Å². The maximum Gasteiger partial charge on any atom is 0.124 e. The lowest BCUT2D eigenvalue weighted by Gasteiger charge is -2.49. The Hall–Kier alpha value is -1.06. The van der Waals surface area contributed by atoms with Crippen LogP contribution < -0.4 is 10.1 Å². The van der Waals surface area contributed by atoms with Crippen LogP contribution in [-0.4, -0.2) is 25.4 Å². The zero-order valence-corrected chi connectivity index (χ0v) is 13.9. The van der Waals surface area contributed by atoms with E-state index in [1.807, 2.05) is 0 Å².